The summed E-state index contributed by atoms with van der Waals surface area (Å²) in [5.74, 6) is -0.438. The molecule has 2 amide bonds. The van der Waals surface area contributed by atoms with Gasteiger partial charge in [-0.15, -0.1) is 0 Å². The Bertz CT molecular complexity index is 871. The van der Waals surface area contributed by atoms with E-state index in [1.807, 2.05) is 13.8 Å². The molecule has 0 radical (unpaired) electrons. The predicted molar refractivity (Wildman–Crippen MR) is 116 cm³/mol. The Morgan fingerprint density at radius 1 is 1.13 bits per heavy atom. The number of piperidine rings is 2. The average molecular weight is 436 g/mol. The number of nitrogens with one attached hydrogen (secondary N) is 1. The van der Waals surface area contributed by atoms with Crippen LogP contribution in [0.4, 0.5) is 0 Å². The van der Waals surface area contributed by atoms with Crippen molar-refractivity contribution in [2.45, 2.75) is 63.3 Å². The Hall–Kier alpha value is -1.93. The lowest BCUT2D eigenvalue weighted by Crippen LogP contribution is -2.45. The van der Waals surface area contributed by atoms with Gasteiger partial charge in [0.15, 0.2) is 0 Å². The molecule has 2 saturated heterocycles. The van der Waals surface area contributed by atoms with E-state index in [4.69, 9.17) is 0 Å². The Kier molecular flexibility index (Phi) is 7.52. The van der Waals surface area contributed by atoms with Crippen molar-refractivity contribution in [1.82, 2.24) is 14.5 Å². The lowest BCUT2D eigenvalue weighted by Gasteiger charge is -2.33. The van der Waals surface area contributed by atoms with Gasteiger partial charge < -0.3 is 10.2 Å². The molecule has 1 N–H and O–H groups in total. The summed E-state index contributed by atoms with van der Waals surface area (Å²) in [6, 6.07) is 6.29. The summed E-state index contributed by atoms with van der Waals surface area (Å²) in [7, 11) is -3.63. The summed E-state index contributed by atoms with van der Waals surface area (Å²) in [4.78, 5) is 27.2. The molecule has 8 heteroatoms. The first-order valence-electron chi connectivity index (χ1n) is 11.0. The Labute approximate surface area is 179 Å². The third kappa shape index (κ3) is 5.03. The van der Waals surface area contributed by atoms with Crippen LogP contribution in [0.1, 0.15) is 62.7 Å². The summed E-state index contributed by atoms with van der Waals surface area (Å²) in [6.07, 6.45) is 5.15. The molecule has 0 spiro atoms. The second-order valence-corrected chi connectivity index (χ2v) is 10.3. The monoisotopic (exact) mass is 435 g/mol. The molecule has 2 unspecified atom stereocenters. The van der Waals surface area contributed by atoms with E-state index in [-0.39, 0.29) is 28.7 Å². The first-order chi connectivity index (χ1) is 14.3. The van der Waals surface area contributed by atoms with Crippen LogP contribution in [0.25, 0.3) is 0 Å². The zero-order valence-electron chi connectivity index (χ0n) is 18.0. The highest BCUT2D eigenvalue weighted by Crippen LogP contribution is 2.26. The molecule has 2 aliphatic rings. The van der Waals surface area contributed by atoms with E-state index >= 15 is 0 Å². The molecule has 2 fully saturated rings. The van der Waals surface area contributed by atoms with Gasteiger partial charge >= 0.3 is 0 Å². The maximum absolute atomic E-state index is 13.1. The minimum absolute atomic E-state index is 0.00948. The third-order valence-electron chi connectivity index (χ3n) is 6.06. The molecule has 2 heterocycles. The Morgan fingerprint density at radius 2 is 1.93 bits per heavy atom. The number of carbonyl (C=O) groups is 2. The van der Waals surface area contributed by atoms with Crippen molar-refractivity contribution in [3.05, 3.63) is 29.8 Å². The summed E-state index contributed by atoms with van der Waals surface area (Å²) in [6.45, 7) is 6.04. The van der Waals surface area contributed by atoms with E-state index in [1.165, 1.54) is 6.07 Å². The SMILES string of the molecule is CCCNC(=O)C1CCCN(C(=O)c2cccc(S(=O)(=O)N3CCCCC3C)c2)C1. The number of sulfonamides is 1. The Balaban J connectivity index is 1.75. The highest BCUT2D eigenvalue weighted by Gasteiger charge is 2.32. The van der Waals surface area contributed by atoms with Gasteiger partial charge in [-0.3, -0.25) is 9.59 Å². The van der Waals surface area contributed by atoms with Crippen LogP contribution in [-0.4, -0.2) is 61.7 Å². The number of hydrogen-bond donors (Lipinski definition) is 1. The second kappa shape index (κ2) is 9.92. The number of amides is 2. The van der Waals surface area contributed by atoms with Crippen LogP contribution < -0.4 is 5.32 Å². The molecule has 2 aliphatic heterocycles. The fourth-order valence-electron chi connectivity index (χ4n) is 4.30. The number of carbonyl (C=O) groups excluding carboxylic acids is 2. The average Bonchev–Trinajstić information content (AvgIpc) is 2.77. The van der Waals surface area contributed by atoms with Gasteiger partial charge in [0.1, 0.15) is 0 Å². The van der Waals surface area contributed by atoms with E-state index in [9.17, 15) is 18.0 Å². The van der Waals surface area contributed by atoms with Gasteiger partial charge in [0, 0.05) is 37.8 Å². The van der Waals surface area contributed by atoms with Crippen LogP contribution in [0.15, 0.2) is 29.2 Å². The van der Waals surface area contributed by atoms with E-state index < -0.39 is 10.0 Å². The minimum atomic E-state index is -3.63. The van der Waals surface area contributed by atoms with Gasteiger partial charge in [-0.1, -0.05) is 19.4 Å². The molecule has 3 rings (SSSR count). The molecule has 0 aromatic heterocycles. The van der Waals surface area contributed by atoms with Crippen LogP contribution in [0.5, 0.6) is 0 Å². The zero-order chi connectivity index (χ0) is 21.7. The van der Waals surface area contributed by atoms with Crippen molar-refractivity contribution >= 4 is 21.8 Å². The lowest BCUT2D eigenvalue weighted by atomic mass is 9.96. The zero-order valence-corrected chi connectivity index (χ0v) is 18.8. The van der Waals surface area contributed by atoms with Gasteiger partial charge in [0.25, 0.3) is 5.91 Å². The molecule has 0 aliphatic carbocycles. The maximum Gasteiger partial charge on any atom is 0.253 e. The van der Waals surface area contributed by atoms with Gasteiger partial charge in [-0.05, 0) is 57.2 Å². The van der Waals surface area contributed by atoms with Gasteiger partial charge in [-0.2, -0.15) is 4.31 Å². The smallest absolute Gasteiger partial charge is 0.253 e. The standard InChI is InChI=1S/C22H33N3O4S/c1-3-12-23-21(26)19-10-7-13-24(16-19)22(27)18-9-6-11-20(15-18)30(28,29)25-14-5-4-8-17(25)2/h6,9,11,15,17,19H,3-5,7-8,10,12-14,16H2,1-2H3,(H,23,26). The minimum Gasteiger partial charge on any atom is -0.356 e. The molecular formula is C22H33N3O4S. The van der Waals surface area contributed by atoms with Crippen molar-refractivity contribution in [2.24, 2.45) is 5.92 Å². The number of likely N-dealkylation sites (tertiary alicyclic amines) is 1. The van der Waals surface area contributed by atoms with Crippen LogP contribution in [0.2, 0.25) is 0 Å². The van der Waals surface area contributed by atoms with Crippen molar-refractivity contribution in [3.63, 3.8) is 0 Å². The maximum atomic E-state index is 13.1. The number of hydrogen-bond acceptors (Lipinski definition) is 4. The van der Waals surface area contributed by atoms with Crippen molar-refractivity contribution in [1.29, 1.82) is 0 Å². The van der Waals surface area contributed by atoms with Crippen molar-refractivity contribution < 1.29 is 18.0 Å². The molecule has 1 aromatic carbocycles. The van der Waals surface area contributed by atoms with Crippen molar-refractivity contribution in [2.75, 3.05) is 26.2 Å². The molecule has 30 heavy (non-hydrogen) atoms. The second-order valence-electron chi connectivity index (χ2n) is 8.37. The first-order valence-corrected chi connectivity index (χ1v) is 12.5. The summed E-state index contributed by atoms with van der Waals surface area (Å²) >= 11 is 0. The molecule has 0 saturated carbocycles. The largest absolute Gasteiger partial charge is 0.356 e. The topological polar surface area (TPSA) is 86.8 Å². The van der Waals surface area contributed by atoms with Gasteiger partial charge in [0.2, 0.25) is 15.9 Å². The Morgan fingerprint density at radius 3 is 2.67 bits per heavy atom. The normalized spacial score (nSPS) is 23.2. The van der Waals surface area contributed by atoms with E-state index in [2.05, 4.69) is 5.32 Å². The summed E-state index contributed by atoms with van der Waals surface area (Å²) in [5.41, 5.74) is 0.357. The fourth-order valence-corrected chi connectivity index (χ4v) is 6.05. The van der Waals surface area contributed by atoms with Gasteiger partial charge in [0.05, 0.1) is 10.8 Å². The third-order valence-corrected chi connectivity index (χ3v) is 8.07. The first kappa shape index (κ1) is 22.7. The summed E-state index contributed by atoms with van der Waals surface area (Å²) in [5, 5.41) is 2.91. The van der Waals surface area contributed by atoms with E-state index in [0.717, 1.165) is 38.5 Å². The molecule has 166 valence electrons. The molecule has 0 bridgehead atoms. The van der Waals surface area contributed by atoms with Crippen LogP contribution in [-0.2, 0) is 14.8 Å². The van der Waals surface area contributed by atoms with E-state index in [1.54, 1.807) is 27.4 Å². The van der Waals surface area contributed by atoms with Crippen molar-refractivity contribution in [3.8, 4) is 0 Å². The number of benzene rings is 1. The molecule has 1 aromatic rings. The van der Waals surface area contributed by atoms with Crippen LogP contribution in [0.3, 0.4) is 0 Å². The molecule has 7 nitrogen and oxygen atoms in total. The quantitative estimate of drug-likeness (QED) is 0.744. The fraction of sp³-hybridized carbons (Fsp3) is 0.636. The number of rotatable bonds is 6. The predicted octanol–water partition coefficient (Wildman–Crippen LogP) is 2.63. The van der Waals surface area contributed by atoms with Crippen LogP contribution in [0, 0.1) is 5.92 Å². The molecular weight excluding hydrogens is 402 g/mol. The van der Waals surface area contributed by atoms with Crippen LogP contribution >= 0.6 is 0 Å². The summed E-state index contributed by atoms with van der Waals surface area (Å²) < 4.78 is 27.8. The molecule has 2 atom stereocenters. The lowest BCUT2D eigenvalue weighted by molar-refractivity contribution is -0.126. The highest BCUT2D eigenvalue weighted by atomic mass is 32.2. The highest BCUT2D eigenvalue weighted by molar-refractivity contribution is 7.89. The van der Waals surface area contributed by atoms with Gasteiger partial charge in [-0.25, -0.2) is 8.42 Å². The number of nitrogens with zero attached hydrogens (tertiary/aromatic N) is 2. The van der Waals surface area contributed by atoms with E-state index in [0.29, 0.717) is 31.7 Å².